The SMILES string of the molecule is CCC(C(=O)Nc1sc2c(c1C#N)CCCC2)n1cc(Cl)cn1. The maximum absolute atomic E-state index is 12.6. The van der Waals surface area contributed by atoms with Crippen LogP contribution in [0, 0.1) is 11.3 Å². The zero-order chi connectivity index (χ0) is 16.4. The molecule has 0 saturated heterocycles. The summed E-state index contributed by atoms with van der Waals surface area (Å²) in [5, 5.41) is 17.7. The molecule has 2 aromatic heterocycles. The Morgan fingerprint density at radius 2 is 2.35 bits per heavy atom. The minimum absolute atomic E-state index is 0.164. The van der Waals surface area contributed by atoms with E-state index >= 15 is 0 Å². The number of nitrogens with one attached hydrogen (secondary N) is 1. The first-order valence-corrected chi connectivity index (χ1v) is 8.88. The molecule has 5 nitrogen and oxygen atoms in total. The number of thiophene rings is 1. The summed E-state index contributed by atoms with van der Waals surface area (Å²) in [5.74, 6) is -0.164. The first kappa shape index (κ1) is 16.0. The second kappa shape index (κ2) is 6.73. The number of hydrogen-bond acceptors (Lipinski definition) is 4. The highest BCUT2D eigenvalue weighted by atomic mass is 35.5. The molecule has 1 unspecified atom stereocenters. The van der Waals surface area contributed by atoms with E-state index in [1.165, 1.54) is 22.4 Å². The molecule has 120 valence electrons. The highest BCUT2D eigenvalue weighted by molar-refractivity contribution is 7.16. The molecule has 3 rings (SSSR count). The van der Waals surface area contributed by atoms with Crippen LogP contribution in [0.1, 0.15) is 48.2 Å². The van der Waals surface area contributed by atoms with Crippen molar-refractivity contribution in [2.45, 2.75) is 45.1 Å². The van der Waals surface area contributed by atoms with Crippen LogP contribution in [0.2, 0.25) is 5.02 Å². The second-order valence-electron chi connectivity index (χ2n) is 5.58. The number of nitriles is 1. The predicted molar refractivity (Wildman–Crippen MR) is 90.9 cm³/mol. The first-order chi connectivity index (χ1) is 11.1. The molecule has 0 saturated carbocycles. The van der Waals surface area contributed by atoms with Gasteiger partial charge in [0.2, 0.25) is 5.91 Å². The standard InChI is InChI=1S/C16H17ClN4OS/c1-2-13(21-9-10(17)8-19-21)15(22)20-16-12(7-18)11-5-3-4-6-14(11)23-16/h8-9,13H,2-6H2,1H3,(H,20,22). The van der Waals surface area contributed by atoms with E-state index in [2.05, 4.69) is 16.5 Å². The van der Waals surface area contributed by atoms with Crippen molar-refractivity contribution in [2.24, 2.45) is 0 Å². The van der Waals surface area contributed by atoms with Gasteiger partial charge in [-0.15, -0.1) is 11.3 Å². The molecule has 0 radical (unpaired) electrons. The second-order valence-corrected chi connectivity index (χ2v) is 7.12. The molecule has 0 spiro atoms. The minimum atomic E-state index is -0.437. The number of hydrogen-bond donors (Lipinski definition) is 1. The summed E-state index contributed by atoms with van der Waals surface area (Å²) in [7, 11) is 0. The first-order valence-electron chi connectivity index (χ1n) is 7.69. The summed E-state index contributed by atoms with van der Waals surface area (Å²) in [6.45, 7) is 1.92. The largest absolute Gasteiger partial charge is 0.315 e. The van der Waals surface area contributed by atoms with Gasteiger partial charge in [0.05, 0.1) is 16.8 Å². The van der Waals surface area contributed by atoms with E-state index in [1.807, 2.05) is 6.92 Å². The molecule has 7 heteroatoms. The topological polar surface area (TPSA) is 70.7 Å². The van der Waals surface area contributed by atoms with Crippen LogP contribution in [0.4, 0.5) is 5.00 Å². The lowest BCUT2D eigenvalue weighted by atomic mass is 9.96. The molecular formula is C16H17ClN4OS. The number of carbonyl (C=O) groups is 1. The zero-order valence-corrected chi connectivity index (χ0v) is 14.4. The van der Waals surface area contributed by atoms with E-state index in [4.69, 9.17) is 11.6 Å². The number of aryl methyl sites for hydroxylation is 1. The number of halogens is 1. The van der Waals surface area contributed by atoms with Crippen LogP contribution in [-0.2, 0) is 17.6 Å². The Labute approximate surface area is 143 Å². The van der Waals surface area contributed by atoms with Gasteiger partial charge in [0.1, 0.15) is 17.1 Å². The van der Waals surface area contributed by atoms with Crippen molar-refractivity contribution >= 4 is 33.8 Å². The van der Waals surface area contributed by atoms with Gasteiger partial charge >= 0.3 is 0 Å². The van der Waals surface area contributed by atoms with E-state index in [1.54, 1.807) is 10.9 Å². The number of carbonyl (C=O) groups excluding carboxylic acids is 1. The van der Waals surface area contributed by atoms with Gasteiger partial charge in [-0.1, -0.05) is 18.5 Å². The Hall–Kier alpha value is -1.84. The van der Waals surface area contributed by atoms with Gasteiger partial charge in [-0.3, -0.25) is 9.48 Å². The van der Waals surface area contributed by atoms with E-state index in [0.717, 1.165) is 31.2 Å². The third-order valence-corrected chi connectivity index (χ3v) is 5.50. The third-order valence-electron chi connectivity index (χ3n) is 4.10. The highest BCUT2D eigenvalue weighted by Gasteiger charge is 2.25. The van der Waals surface area contributed by atoms with Gasteiger partial charge in [0.25, 0.3) is 0 Å². The molecule has 1 aliphatic carbocycles. The predicted octanol–water partition coefficient (Wildman–Crippen LogP) is 3.94. The van der Waals surface area contributed by atoms with Gasteiger partial charge in [-0.05, 0) is 37.7 Å². The molecule has 2 aromatic rings. The van der Waals surface area contributed by atoms with Gasteiger partial charge in [-0.2, -0.15) is 10.4 Å². The normalized spacial score (nSPS) is 14.8. The zero-order valence-electron chi connectivity index (χ0n) is 12.8. The lowest BCUT2D eigenvalue weighted by molar-refractivity contribution is -0.119. The van der Waals surface area contributed by atoms with E-state index in [9.17, 15) is 10.1 Å². The van der Waals surface area contributed by atoms with Crippen molar-refractivity contribution < 1.29 is 4.79 Å². The fraction of sp³-hybridized carbons (Fsp3) is 0.438. The summed E-state index contributed by atoms with van der Waals surface area (Å²) in [5.41, 5.74) is 1.75. The Balaban J connectivity index is 1.85. The van der Waals surface area contributed by atoms with Crippen LogP contribution in [0.25, 0.3) is 0 Å². The quantitative estimate of drug-likeness (QED) is 0.909. The third kappa shape index (κ3) is 3.12. The van der Waals surface area contributed by atoms with Crippen LogP contribution in [-0.4, -0.2) is 15.7 Å². The van der Waals surface area contributed by atoms with Crippen LogP contribution >= 0.6 is 22.9 Å². The van der Waals surface area contributed by atoms with E-state index in [0.29, 0.717) is 22.0 Å². The molecule has 0 aliphatic heterocycles. The van der Waals surface area contributed by atoms with Crippen LogP contribution in [0.15, 0.2) is 12.4 Å². The Kier molecular flexibility index (Phi) is 4.69. The van der Waals surface area contributed by atoms with Gasteiger partial charge in [0.15, 0.2) is 0 Å². The monoisotopic (exact) mass is 348 g/mol. The van der Waals surface area contributed by atoms with Crippen molar-refractivity contribution in [3.05, 3.63) is 33.4 Å². The van der Waals surface area contributed by atoms with Crippen molar-refractivity contribution in [2.75, 3.05) is 5.32 Å². The molecule has 0 bridgehead atoms. The minimum Gasteiger partial charge on any atom is -0.315 e. The number of amides is 1. The van der Waals surface area contributed by atoms with Crippen LogP contribution in [0.5, 0.6) is 0 Å². The number of nitrogens with zero attached hydrogens (tertiary/aromatic N) is 3. The fourth-order valence-electron chi connectivity index (χ4n) is 2.95. The number of fused-ring (bicyclic) bond motifs is 1. The number of anilines is 1. The molecule has 2 heterocycles. The number of rotatable bonds is 4. The average molecular weight is 349 g/mol. The molecule has 1 aliphatic rings. The summed E-state index contributed by atoms with van der Waals surface area (Å²) in [6, 6.07) is 1.83. The highest BCUT2D eigenvalue weighted by Crippen LogP contribution is 2.38. The van der Waals surface area contributed by atoms with Gasteiger partial charge in [-0.25, -0.2) is 0 Å². The van der Waals surface area contributed by atoms with E-state index < -0.39 is 6.04 Å². The van der Waals surface area contributed by atoms with Crippen LogP contribution < -0.4 is 5.32 Å². The van der Waals surface area contributed by atoms with Crippen molar-refractivity contribution in [1.82, 2.24) is 9.78 Å². The van der Waals surface area contributed by atoms with Gasteiger partial charge in [0, 0.05) is 11.1 Å². The number of aromatic nitrogens is 2. The fourth-order valence-corrected chi connectivity index (χ4v) is 4.33. The maximum atomic E-state index is 12.6. The average Bonchev–Trinajstić information content (AvgIpc) is 3.11. The molecule has 0 fully saturated rings. The summed E-state index contributed by atoms with van der Waals surface area (Å²) >= 11 is 7.42. The molecule has 23 heavy (non-hydrogen) atoms. The van der Waals surface area contributed by atoms with Crippen molar-refractivity contribution in [3.63, 3.8) is 0 Å². The van der Waals surface area contributed by atoms with E-state index in [-0.39, 0.29) is 5.91 Å². The van der Waals surface area contributed by atoms with Crippen LogP contribution in [0.3, 0.4) is 0 Å². The lowest BCUT2D eigenvalue weighted by Gasteiger charge is -2.15. The summed E-state index contributed by atoms with van der Waals surface area (Å²) < 4.78 is 1.57. The molecular weight excluding hydrogens is 332 g/mol. The summed E-state index contributed by atoms with van der Waals surface area (Å²) in [6.07, 6.45) is 7.93. The van der Waals surface area contributed by atoms with Gasteiger partial charge < -0.3 is 5.32 Å². The smallest absolute Gasteiger partial charge is 0.249 e. The maximum Gasteiger partial charge on any atom is 0.249 e. The lowest BCUT2D eigenvalue weighted by Crippen LogP contribution is -2.25. The van der Waals surface area contributed by atoms with Crippen molar-refractivity contribution in [1.29, 1.82) is 5.26 Å². The Morgan fingerprint density at radius 3 is 3.00 bits per heavy atom. The molecule has 0 aromatic carbocycles. The summed E-state index contributed by atoms with van der Waals surface area (Å²) in [4.78, 5) is 13.9. The van der Waals surface area contributed by atoms with Crippen molar-refractivity contribution in [3.8, 4) is 6.07 Å². The molecule has 1 N–H and O–H groups in total. The molecule has 1 atom stereocenters. The Bertz CT molecular complexity index is 774. The molecule has 1 amide bonds. The Morgan fingerprint density at radius 1 is 1.57 bits per heavy atom.